The van der Waals surface area contributed by atoms with Gasteiger partial charge < -0.3 is 0 Å². The smallest absolute Gasteiger partial charge is 0.194 e. The lowest BCUT2D eigenvalue weighted by molar-refractivity contribution is 0.103. The second-order valence-corrected chi connectivity index (χ2v) is 8.13. The van der Waals surface area contributed by atoms with Gasteiger partial charge in [0, 0.05) is 42.8 Å². The SMILES string of the molecule is O=C(c1csc(-c2ccsc2)c1)c1csc(-c2ccsc2)c1. The van der Waals surface area contributed by atoms with E-state index >= 15 is 0 Å². The Labute approximate surface area is 144 Å². The van der Waals surface area contributed by atoms with Gasteiger partial charge in [-0.05, 0) is 45.8 Å². The van der Waals surface area contributed by atoms with Gasteiger partial charge in [-0.15, -0.1) is 22.7 Å². The molecule has 0 saturated carbocycles. The first-order chi connectivity index (χ1) is 10.8. The Morgan fingerprint density at radius 1 is 0.727 bits per heavy atom. The first kappa shape index (κ1) is 14.1. The molecule has 4 aromatic rings. The number of rotatable bonds is 4. The maximum Gasteiger partial charge on any atom is 0.194 e. The number of carbonyl (C=O) groups is 1. The van der Waals surface area contributed by atoms with Crippen LogP contribution in [0.15, 0.2) is 56.5 Å². The summed E-state index contributed by atoms with van der Waals surface area (Å²) in [5.41, 5.74) is 3.94. The van der Waals surface area contributed by atoms with E-state index in [-0.39, 0.29) is 5.78 Å². The van der Waals surface area contributed by atoms with Crippen molar-refractivity contribution in [3.8, 4) is 20.9 Å². The van der Waals surface area contributed by atoms with Crippen LogP contribution in [0.4, 0.5) is 0 Å². The molecule has 0 bridgehead atoms. The molecule has 5 heteroatoms. The van der Waals surface area contributed by atoms with Gasteiger partial charge in [0.05, 0.1) is 0 Å². The number of ketones is 1. The van der Waals surface area contributed by atoms with E-state index in [4.69, 9.17) is 0 Å². The van der Waals surface area contributed by atoms with Gasteiger partial charge in [-0.2, -0.15) is 22.7 Å². The van der Waals surface area contributed by atoms with E-state index in [1.54, 1.807) is 45.3 Å². The maximum atomic E-state index is 12.6. The van der Waals surface area contributed by atoms with E-state index in [0.29, 0.717) is 0 Å². The van der Waals surface area contributed by atoms with Crippen molar-refractivity contribution in [3.63, 3.8) is 0 Å². The van der Waals surface area contributed by atoms with Crippen LogP contribution in [0.5, 0.6) is 0 Å². The average Bonchev–Trinajstić information content (AvgIpc) is 3.35. The van der Waals surface area contributed by atoms with Crippen molar-refractivity contribution in [2.45, 2.75) is 0 Å². The molecule has 0 spiro atoms. The Hall–Kier alpha value is -1.53. The summed E-state index contributed by atoms with van der Waals surface area (Å²) < 4.78 is 0. The largest absolute Gasteiger partial charge is 0.289 e. The Morgan fingerprint density at radius 3 is 1.64 bits per heavy atom. The van der Waals surface area contributed by atoms with E-state index in [0.717, 1.165) is 20.9 Å². The van der Waals surface area contributed by atoms with Crippen LogP contribution >= 0.6 is 45.3 Å². The van der Waals surface area contributed by atoms with E-state index in [1.807, 2.05) is 22.9 Å². The molecule has 1 nitrogen and oxygen atoms in total. The Bertz CT molecular complexity index is 820. The number of hydrogen-bond donors (Lipinski definition) is 0. The highest BCUT2D eigenvalue weighted by Gasteiger charge is 2.15. The molecule has 0 radical (unpaired) electrons. The van der Waals surface area contributed by atoms with Crippen molar-refractivity contribution in [2.24, 2.45) is 0 Å². The Morgan fingerprint density at radius 2 is 1.23 bits per heavy atom. The highest BCUT2D eigenvalue weighted by atomic mass is 32.1. The molecule has 0 aliphatic rings. The molecular weight excluding hydrogens is 348 g/mol. The normalized spacial score (nSPS) is 10.9. The van der Waals surface area contributed by atoms with Crippen molar-refractivity contribution < 1.29 is 4.79 Å². The Kier molecular flexibility index (Phi) is 3.80. The maximum absolute atomic E-state index is 12.6. The average molecular weight is 359 g/mol. The van der Waals surface area contributed by atoms with Crippen LogP contribution in [0.25, 0.3) is 20.9 Å². The molecule has 4 heterocycles. The van der Waals surface area contributed by atoms with Gasteiger partial charge in [0.1, 0.15) is 0 Å². The molecule has 0 aliphatic carbocycles. The molecule has 0 saturated heterocycles. The molecule has 0 aromatic carbocycles. The summed E-state index contributed by atoms with van der Waals surface area (Å²) in [4.78, 5) is 14.9. The summed E-state index contributed by atoms with van der Waals surface area (Å²) in [5.74, 6) is 0.107. The minimum Gasteiger partial charge on any atom is -0.289 e. The van der Waals surface area contributed by atoms with Gasteiger partial charge in [0.25, 0.3) is 0 Å². The minimum atomic E-state index is 0.107. The van der Waals surface area contributed by atoms with Gasteiger partial charge in [-0.1, -0.05) is 0 Å². The third-order valence-corrected chi connectivity index (χ3v) is 6.66. The lowest BCUT2D eigenvalue weighted by Crippen LogP contribution is -1.96. The van der Waals surface area contributed by atoms with E-state index in [2.05, 4.69) is 33.7 Å². The number of carbonyl (C=O) groups excluding carboxylic acids is 1. The molecule has 22 heavy (non-hydrogen) atoms. The fraction of sp³-hybridized carbons (Fsp3) is 0. The predicted octanol–water partition coefficient (Wildman–Crippen LogP) is 6.50. The van der Waals surface area contributed by atoms with E-state index in [1.165, 1.54) is 11.1 Å². The van der Waals surface area contributed by atoms with Crippen molar-refractivity contribution >= 4 is 51.1 Å². The van der Waals surface area contributed by atoms with Gasteiger partial charge >= 0.3 is 0 Å². The lowest BCUT2D eigenvalue weighted by Gasteiger charge is -1.93. The van der Waals surface area contributed by atoms with Crippen LogP contribution in [0.1, 0.15) is 15.9 Å². The van der Waals surface area contributed by atoms with Crippen LogP contribution in [-0.2, 0) is 0 Å². The fourth-order valence-electron chi connectivity index (χ4n) is 2.19. The first-order valence-corrected chi connectivity index (χ1v) is 10.2. The van der Waals surface area contributed by atoms with Gasteiger partial charge in [0.2, 0.25) is 0 Å². The van der Waals surface area contributed by atoms with Gasteiger partial charge in [0.15, 0.2) is 5.78 Å². The summed E-state index contributed by atoms with van der Waals surface area (Å²) >= 11 is 6.60. The second-order valence-electron chi connectivity index (χ2n) is 4.75. The highest BCUT2D eigenvalue weighted by molar-refractivity contribution is 7.15. The topological polar surface area (TPSA) is 17.1 Å². The zero-order valence-corrected chi connectivity index (χ0v) is 14.6. The standard InChI is InChI=1S/C17H10OS4/c18-17(13-5-15(21-9-13)11-1-3-19-7-11)14-6-16(22-10-14)12-2-4-20-8-12/h1-10H. The quantitative estimate of drug-likeness (QED) is 0.381. The van der Waals surface area contributed by atoms with Gasteiger partial charge in [-0.3, -0.25) is 4.79 Å². The zero-order valence-electron chi connectivity index (χ0n) is 11.3. The third-order valence-electron chi connectivity index (χ3n) is 3.33. The second kappa shape index (κ2) is 5.93. The highest BCUT2D eigenvalue weighted by Crippen LogP contribution is 2.32. The third kappa shape index (κ3) is 2.61. The molecule has 0 unspecified atom stereocenters. The molecular formula is C17H10OS4. The summed E-state index contributed by atoms with van der Waals surface area (Å²) in [6.45, 7) is 0. The molecule has 4 aromatic heterocycles. The summed E-state index contributed by atoms with van der Waals surface area (Å²) in [7, 11) is 0. The number of thiophene rings is 4. The van der Waals surface area contributed by atoms with Gasteiger partial charge in [-0.25, -0.2) is 0 Å². The van der Waals surface area contributed by atoms with Crippen molar-refractivity contribution in [1.29, 1.82) is 0 Å². The summed E-state index contributed by atoms with van der Waals surface area (Å²) in [6.07, 6.45) is 0. The first-order valence-electron chi connectivity index (χ1n) is 6.58. The predicted molar refractivity (Wildman–Crippen MR) is 98.7 cm³/mol. The summed E-state index contributed by atoms with van der Waals surface area (Å²) in [5, 5.41) is 12.2. The molecule has 108 valence electrons. The Balaban J connectivity index is 1.62. The molecule has 0 amide bonds. The van der Waals surface area contributed by atoms with Crippen molar-refractivity contribution in [1.82, 2.24) is 0 Å². The number of hydrogen-bond acceptors (Lipinski definition) is 5. The molecule has 0 aliphatic heterocycles. The van der Waals surface area contributed by atoms with Crippen LogP contribution in [0.2, 0.25) is 0 Å². The van der Waals surface area contributed by atoms with E-state index in [9.17, 15) is 4.79 Å². The van der Waals surface area contributed by atoms with Crippen LogP contribution < -0.4 is 0 Å². The van der Waals surface area contributed by atoms with Crippen LogP contribution in [-0.4, -0.2) is 5.78 Å². The lowest BCUT2D eigenvalue weighted by atomic mass is 10.1. The zero-order chi connectivity index (χ0) is 14.9. The molecule has 0 fully saturated rings. The summed E-state index contributed by atoms with van der Waals surface area (Å²) in [6, 6.07) is 8.17. The van der Waals surface area contributed by atoms with Crippen molar-refractivity contribution in [3.05, 3.63) is 67.7 Å². The van der Waals surface area contributed by atoms with Crippen molar-refractivity contribution in [2.75, 3.05) is 0 Å². The molecule has 0 atom stereocenters. The van der Waals surface area contributed by atoms with Crippen LogP contribution in [0, 0.1) is 0 Å². The molecule has 0 N–H and O–H groups in total. The monoisotopic (exact) mass is 358 g/mol. The fourth-order valence-corrected chi connectivity index (χ4v) is 5.42. The van der Waals surface area contributed by atoms with Crippen LogP contribution in [0.3, 0.4) is 0 Å². The molecule has 4 rings (SSSR count). The minimum absolute atomic E-state index is 0.107. The van der Waals surface area contributed by atoms with E-state index < -0.39 is 0 Å².